The number of esters is 1. The van der Waals surface area contributed by atoms with Crippen LogP contribution in [0.2, 0.25) is 0 Å². The summed E-state index contributed by atoms with van der Waals surface area (Å²) in [4.78, 5) is 62.3. The van der Waals surface area contributed by atoms with Crippen molar-refractivity contribution in [2.45, 2.75) is 40.2 Å². The Morgan fingerprint density at radius 1 is 1.32 bits per heavy atom. The van der Waals surface area contributed by atoms with Gasteiger partial charge in [0.25, 0.3) is 0 Å². The van der Waals surface area contributed by atoms with E-state index in [1.807, 2.05) is 0 Å². The molecule has 1 saturated heterocycles. The third-order valence-corrected chi connectivity index (χ3v) is 7.83. The standard InChI is InChI=1S/C19H30N3O9PS2/c1-12-15(34-10-22-12)18(26)28-11-30-32(27)29-9-19(3,4)16(31-32)17(25)21-6-5-14(24)20-7-8-33-13(2)23/h10,16,27,32H,5-9,11H2,1-4H3,(H,20,24)(H,21,25)/t16-/m0/s1. The molecule has 1 aromatic rings. The van der Waals surface area contributed by atoms with E-state index in [0.29, 0.717) is 22.9 Å². The molecule has 1 aliphatic rings. The number of nitrogens with one attached hydrogen (secondary N) is 2. The maximum absolute atomic E-state index is 12.7. The molecule has 0 spiro atoms. The van der Waals surface area contributed by atoms with Crippen molar-refractivity contribution in [1.82, 2.24) is 15.6 Å². The molecule has 2 rings (SSSR count). The summed E-state index contributed by atoms with van der Waals surface area (Å²) in [6, 6.07) is 0. The predicted octanol–water partition coefficient (Wildman–Crippen LogP) is 1.33. The van der Waals surface area contributed by atoms with E-state index in [4.69, 9.17) is 18.3 Å². The van der Waals surface area contributed by atoms with Crippen LogP contribution in [0.25, 0.3) is 0 Å². The Morgan fingerprint density at radius 2 is 2.06 bits per heavy atom. The van der Waals surface area contributed by atoms with Gasteiger partial charge in [0.15, 0.2) is 0 Å². The first kappa shape index (κ1) is 28.6. The van der Waals surface area contributed by atoms with E-state index in [1.54, 1.807) is 20.8 Å². The van der Waals surface area contributed by atoms with Crippen LogP contribution in [-0.2, 0) is 32.7 Å². The molecule has 1 aliphatic heterocycles. The number of carbonyl (C=O) groups excluding carboxylic acids is 4. The first-order valence-corrected chi connectivity index (χ1v) is 13.9. The van der Waals surface area contributed by atoms with Gasteiger partial charge in [0, 0.05) is 6.92 Å². The average molecular weight is 540 g/mol. The monoisotopic (exact) mass is 539 g/mol. The van der Waals surface area contributed by atoms with Gasteiger partial charge in [-0.05, 0) is 0 Å². The zero-order valence-corrected chi connectivity index (χ0v) is 22.0. The Labute approximate surface area is 206 Å². The molecule has 3 N–H and O–H groups in total. The van der Waals surface area contributed by atoms with Crippen LogP contribution in [0.15, 0.2) is 5.51 Å². The number of thioether (sulfide) groups is 1. The van der Waals surface area contributed by atoms with Crippen LogP contribution in [0.3, 0.4) is 0 Å². The SMILES string of the molecule is CC(=O)SCCNC(=O)CCNC(=O)[C@@H]1O[PH](O)(OCOC(=O)c2scnc2C)OCC1(C)C. The third kappa shape index (κ3) is 8.84. The molecule has 2 heterocycles. The first-order chi connectivity index (χ1) is 15.9. The molecule has 0 aromatic carbocycles. The average Bonchev–Trinajstić information content (AvgIpc) is 3.19. The number of hydrogen-bond donors (Lipinski definition) is 3. The number of aryl methyl sites for hydroxylation is 1. The van der Waals surface area contributed by atoms with E-state index in [-0.39, 0.29) is 30.6 Å². The van der Waals surface area contributed by atoms with E-state index >= 15 is 0 Å². The van der Waals surface area contributed by atoms with E-state index in [1.165, 1.54) is 12.4 Å². The zero-order valence-electron chi connectivity index (χ0n) is 19.4. The third-order valence-electron chi connectivity index (χ3n) is 4.58. The number of nitrogens with zero attached hydrogens (tertiary/aromatic N) is 1. The van der Waals surface area contributed by atoms with Crippen LogP contribution in [0.5, 0.6) is 0 Å². The minimum atomic E-state index is -4.27. The molecule has 0 aliphatic carbocycles. The quantitative estimate of drug-likeness (QED) is 0.161. The molecule has 1 fully saturated rings. The number of carbonyl (C=O) groups is 4. The molecule has 0 unspecified atom stereocenters. The summed E-state index contributed by atoms with van der Waals surface area (Å²) in [6.45, 7) is 6.28. The normalized spacial score (nSPS) is 19.6. The Hall–Kier alpha value is -1.67. The predicted molar refractivity (Wildman–Crippen MR) is 127 cm³/mol. The molecule has 34 heavy (non-hydrogen) atoms. The van der Waals surface area contributed by atoms with Gasteiger partial charge in [0.1, 0.15) is 0 Å². The van der Waals surface area contributed by atoms with Gasteiger partial charge in [0.05, 0.1) is 0 Å². The second-order valence-corrected chi connectivity index (χ2v) is 12.0. The van der Waals surface area contributed by atoms with Gasteiger partial charge in [-0.2, -0.15) is 0 Å². The van der Waals surface area contributed by atoms with Crippen LogP contribution in [0, 0.1) is 12.3 Å². The van der Waals surface area contributed by atoms with Crippen molar-refractivity contribution in [1.29, 1.82) is 0 Å². The van der Waals surface area contributed by atoms with Crippen molar-refractivity contribution in [3.05, 3.63) is 16.1 Å². The number of ether oxygens (including phenoxy) is 1. The fraction of sp³-hybridized carbons (Fsp3) is 0.632. The van der Waals surface area contributed by atoms with Crippen molar-refractivity contribution in [3.8, 4) is 0 Å². The van der Waals surface area contributed by atoms with Crippen molar-refractivity contribution in [2.75, 3.05) is 32.2 Å². The fourth-order valence-electron chi connectivity index (χ4n) is 2.77. The van der Waals surface area contributed by atoms with Crippen molar-refractivity contribution >= 4 is 54.2 Å². The molecule has 12 nitrogen and oxygen atoms in total. The van der Waals surface area contributed by atoms with E-state index in [2.05, 4.69) is 15.6 Å². The van der Waals surface area contributed by atoms with Gasteiger partial charge < -0.3 is 0 Å². The Bertz CT molecular complexity index is 898. The second-order valence-electron chi connectivity index (χ2n) is 7.99. The molecule has 2 amide bonds. The van der Waals surface area contributed by atoms with Crippen LogP contribution in [0.4, 0.5) is 0 Å². The molecule has 1 aromatic heterocycles. The summed E-state index contributed by atoms with van der Waals surface area (Å²) in [5, 5.41) is 5.24. The molecule has 1 atom stereocenters. The fourth-order valence-corrected chi connectivity index (χ4v) is 5.66. The molecular weight excluding hydrogens is 509 g/mol. The Kier molecular flexibility index (Phi) is 10.8. The van der Waals surface area contributed by atoms with Gasteiger partial charge >= 0.3 is 194 Å². The summed E-state index contributed by atoms with van der Waals surface area (Å²) < 4.78 is 21.0. The van der Waals surface area contributed by atoms with Crippen molar-refractivity contribution in [3.63, 3.8) is 0 Å². The summed E-state index contributed by atoms with van der Waals surface area (Å²) in [6.07, 6.45) is -1.09. The second kappa shape index (κ2) is 12.9. The first-order valence-electron chi connectivity index (χ1n) is 10.4. The number of hydrogen-bond acceptors (Lipinski definition) is 12. The maximum atomic E-state index is 12.7. The topological polar surface area (TPSA) is 162 Å². The van der Waals surface area contributed by atoms with E-state index in [9.17, 15) is 24.1 Å². The minimum absolute atomic E-state index is 0.0267. The van der Waals surface area contributed by atoms with Crippen LogP contribution in [0.1, 0.15) is 42.6 Å². The number of aromatic nitrogens is 1. The van der Waals surface area contributed by atoms with E-state index in [0.717, 1.165) is 23.1 Å². The van der Waals surface area contributed by atoms with Crippen molar-refractivity contribution < 1.29 is 42.4 Å². The number of amides is 2. The molecule has 192 valence electrons. The summed E-state index contributed by atoms with van der Waals surface area (Å²) in [5.74, 6) is -1.01. The van der Waals surface area contributed by atoms with Gasteiger partial charge in [-0.1, -0.05) is 0 Å². The molecule has 0 radical (unpaired) electrons. The van der Waals surface area contributed by atoms with Crippen LogP contribution < -0.4 is 10.6 Å². The Morgan fingerprint density at radius 3 is 2.71 bits per heavy atom. The number of rotatable bonds is 11. The summed E-state index contributed by atoms with van der Waals surface area (Å²) >= 11 is 2.23. The van der Waals surface area contributed by atoms with Gasteiger partial charge in [0.2, 0.25) is 0 Å². The molecule has 15 heteroatoms. The molecular formula is C19H30N3O9PS2. The summed E-state index contributed by atoms with van der Waals surface area (Å²) in [7, 11) is -4.27. The van der Waals surface area contributed by atoms with E-state index < -0.39 is 38.4 Å². The molecule has 0 saturated carbocycles. The Balaban J connectivity index is 1.79. The van der Waals surface area contributed by atoms with Gasteiger partial charge in [-0.15, -0.1) is 0 Å². The van der Waals surface area contributed by atoms with Gasteiger partial charge in [-0.3, -0.25) is 4.79 Å². The van der Waals surface area contributed by atoms with Crippen LogP contribution >= 0.6 is 31.3 Å². The van der Waals surface area contributed by atoms with Gasteiger partial charge in [-0.25, -0.2) is 0 Å². The zero-order chi connectivity index (χ0) is 25.4. The summed E-state index contributed by atoms with van der Waals surface area (Å²) in [5.41, 5.74) is 1.22. The molecule has 0 bridgehead atoms. The van der Waals surface area contributed by atoms with Crippen molar-refractivity contribution in [2.24, 2.45) is 5.41 Å². The van der Waals surface area contributed by atoms with Crippen LogP contribution in [-0.4, -0.2) is 71.1 Å². The number of thiazole rings is 1.